The van der Waals surface area contributed by atoms with Crippen LogP contribution >= 0.6 is 23.2 Å². The van der Waals surface area contributed by atoms with E-state index < -0.39 is 5.91 Å². The molecule has 5 N–H and O–H groups in total. The van der Waals surface area contributed by atoms with Gasteiger partial charge in [0.2, 0.25) is 0 Å². The van der Waals surface area contributed by atoms with Gasteiger partial charge in [0.1, 0.15) is 16.5 Å². The van der Waals surface area contributed by atoms with Gasteiger partial charge >= 0.3 is 0 Å². The fourth-order valence-electron chi connectivity index (χ4n) is 2.24. The first-order valence-corrected chi connectivity index (χ1v) is 8.04. The van der Waals surface area contributed by atoms with Gasteiger partial charge in [0, 0.05) is 29.0 Å². The molecular weight excluding hydrogens is 363 g/mol. The SMILES string of the molecule is NC(=O)c1c(NCc2cccnc2Cl)n[nH]c1Nc1cccc(Cl)c1. The van der Waals surface area contributed by atoms with Crippen LogP contribution < -0.4 is 16.4 Å². The summed E-state index contributed by atoms with van der Waals surface area (Å²) in [5, 5.41) is 13.9. The molecule has 7 nitrogen and oxygen atoms in total. The lowest BCUT2D eigenvalue weighted by Crippen LogP contribution is -2.15. The molecule has 0 spiro atoms. The first-order valence-electron chi connectivity index (χ1n) is 7.28. The van der Waals surface area contributed by atoms with Crippen molar-refractivity contribution in [2.45, 2.75) is 6.54 Å². The Kier molecular flexibility index (Phi) is 5.06. The van der Waals surface area contributed by atoms with Crippen LogP contribution in [0.4, 0.5) is 17.3 Å². The van der Waals surface area contributed by atoms with Gasteiger partial charge in [-0.15, -0.1) is 0 Å². The van der Waals surface area contributed by atoms with Gasteiger partial charge in [0.25, 0.3) is 5.91 Å². The van der Waals surface area contributed by atoms with Crippen LogP contribution in [0.2, 0.25) is 10.2 Å². The molecular formula is C16H14Cl2N6O. The summed E-state index contributed by atoms with van der Waals surface area (Å²) < 4.78 is 0. The molecule has 3 rings (SSSR count). The third-order valence-electron chi connectivity index (χ3n) is 3.39. The van der Waals surface area contributed by atoms with Gasteiger partial charge < -0.3 is 16.4 Å². The van der Waals surface area contributed by atoms with E-state index in [1.807, 2.05) is 6.07 Å². The molecule has 2 aromatic heterocycles. The summed E-state index contributed by atoms with van der Waals surface area (Å²) in [6, 6.07) is 10.7. The minimum absolute atomic E-state index is 0.208. The standard InChI is InChI=1S/C16H14Cl2N6O/c17-10-4-1-5-11(7-10)22-16-12(14(19)25)15(23-24-16)21-8-9-3-2-6-20-13(9)18/h1-7H,8H2,(H2,19,25)(H3,21,22,23,24). The Hall–Kier alpha value is -2.77. The van der Waals surface area contributed by atoms with Crippen LogP contribution in [0.5, 0.6) is 0 Å². The first-order chi connectivity index (χ1) is 12.0. The number of primary amides is 1. The zero-order valence-electron chi connectivity index (χ0n) is 12.9. The molecule has 0 fully saturated rings. The van der Waals surface area contributed by atoms with Crippen LogP contribution in [-0.2, 0) is 6.54 Å². The van der Waals surface area contributed by atoms with Crippen LogP contribution in [0.1, 0.15) is 15.9 Å². The summed E-state index contributed by atoms with van der Waals surface area (Å²) in [7, 11) is 0. The number of nitrogens with one attached hydrogen (secondary N) is 3. The summed E-state index contributed by atoms with van der Waals surface area (Å²) in [6.45, 7) is 0.342. The van der Waals surface area contributed by atoms with Gasteiger partial charge in [-0.3, -0.25) is 9.89 Å². The van der Waals surface area contributed by atoms with Crippen molar-refractivity contribution >= 4 is 46.4 Å². The second kappa shape index (κ2) is 7.42. The molecule has 1 aromatic carbocycles. The predicted octanol–water partition coefficient (Wildman–Crippen LogP) is 3.57. The Morgan fingerprint density at radius 1 is 1.24 bits per heavy atom. The molecule has 0 saturated heterocycles. The molecule has 1 amide bonds. The van der Waals surface area contributed by atoms with Crippen LogP contribution in [0.15, 0.2) is 42.6 Å². The number of pyridine rings is 1. The molecule has 0 aliphatic rings. The number of carbonyl (C=O) groups is 1. The molecule has 0 atom stereocenters. The number of hydrogen-bond donors (Lipinski definition) is 4. The van der Waals surface area contributed by atoms with Crippen molar-refractivity contribution in [2.24, 2.45) is 5.73 Å². The second-order valence-electron chi connectivity index (χ2n) is 5.13. The van der Waals surface area contributed by atoms with Crippen LogP contribution in [0.25, 0.3) is 0 Å². The lowest BCUT2D eigenvalue weighted by atomic mass is 10.2. The van der Waals surface area contributed by atoms with E-state index in [1.54, 1.807) is 36.5 Å². The van der Waals surface area contributed by atoms with Crippen molar-refractivity contribution in [3.63, 3.8) is 0 Å². The number of anilines is 3. The number of aromatic nitrogens is 3. The fraction of sp³-hybridized carbons (Fsp3) is 0.0625. The van der Waals surface area contributed by atoms with Crippen molar-refractivity contribution < 1.29 is 4.79 Å². The summed E-state index contributed by atoms with van der Waals surface area (Å²) in [5.41, 5.74) is 7.17. The minimum atomic E-state index is -0.627. The Bertz CT molecular complexity index is 911. The number of benzene rings is 1. The van der Waals surface area contributed by atoms with E-state index in [9.17, 15) is 4.79 Å². The number of carbonyl (C=O) groups excluding carboxylic acids is 1. The van der Waals surface area contributed by atoms with E-state index in [0.29, 0.717) is 34.0 Å². The number of aromatic amines is 1. The normalized spacial score (nSPS) is 10.5. The number of amides is 1. The van der Waals surface area contributed by atoms with E-state index in [-0.39, 0.29) is 5.56 Å². The monoisotopic (exact) mass is 376 g/mol. The van der Waals surface area contributed by atoms with Gasteiger partial charge in [-0.1, -0.05) is 35.3 Å². The third-order valence-corrected chi connectivity index (χ3v) is 3.96. The van der Waals surface area contributed by atoms with Crippen LogP contribution in [0, 0.1) is 0 Å². The van der Waals surface area contributed by atoms with E-state index >= 15 is 0 Å². The van der Waals surface area contributed by atoms with Gasteiger partial charge in [-0.2, -0.15) is 5.10 Å². The molecule has 2 heterocycles. The predicted molar refractivity (Wildman–Crippen MR) is 98.4 cm³/mol. The molecule has 0 bridgehead atoms. The maximum absolute atomic E-state index is 11.9. The zero-order chi connectivity index (χ0) is 17.8. The maximum Gasteiger partial charge on any atom is 0.256 e. The van der Waals surface area contributed by atoms with E-state index in [4.69, 9.17) is 28.9 Å². The summed E-state index contributed by atoms with van der Waals surface area (Å²) in [5.74, 6) is 0.0598. The van der Waals surface area contributed by atoms with Crippen LogP contribution in [0.3, 0.4) is 0 Å². The highest BCUT2D eigenvalue weighted by Gasteiger charge is 2.19. The molecule has 0 radical (unpaired) electrons. The van der Waals surface area contributed by atoms with Crippen molar-refractivity contribution in [1.82, 2.24) is 15.2 Å². The van der Waals surface area contributed by atoms with Gasteiger partial charge in [-0.05, 0) is 24.3 Å². The Morgan fingerprint density at radius 3 is 2.80 bits per heavy atom. The van der Waals surface area contributed by atoms with E-state index in [0.717, 1.165) is 5.56 Å². The van der Waals surface area contributed by atoms with Crippen molar-refractivity contribution in [3.05, 3.63) is 63.9 Å². The quantitative estimate of drug-likeness (QED) is 0.491. The molecule has 25 heavy (non-hydrogen) atoms. The molecule has 3 aromatic rings. The Labute approximate surface area is 153 Å². The minimum Gasteiger partial charge on any atom is -0.365 e. The first kappa shape index (κ1) is 17.1. The number of halogens is 2. The number of H-pyrrole nitrogens is 1. The second-order valence-corrected chi connectivity index (χ2v) is 5.92. The number of rotatable bonds is 6. The van der Waals surface area contributed by atoms with E-state index in [1.165, 1.54) is 0 Å². The van der Waals surface area contributed by atoms with Crippen molar-refractivity contribution in [2.75, 3.05) is 10.6 Å². The van der Waals surface area contributed by atoms with Crippen molar-refractivity contribution in [1.29, 1.82) is 0 Å². The summed E-state index contributed by atoms with van der Waals surface area (Å²) in [4.78, 5) is 15.9. The molecule has 0 saturated carbocycles. The van der Waals surface area contributed by atoms with E-state index in [2.05, 4.69) is 25.8 Å². The maximum atomic E-state index is 11.9. The summed E-state index contributed by atoms with van der Waals surface area (Å²) in [6.07, 6.45) is 1.60. The lowest BCUT2D eigenvalue weighted by molar-refractivity contribution is 0.100. The average molecular weight is 377 g/mol. The number of nitrogens with zero attached hydrogens (tertiary/aromatic N) is 2. The van der Waals surface area contributed by atoms with Gasteiger partial charge in [0.15, 0.2) is 5.82 Å². The molecule has 0 unspecified atom stereocenters. The molecule has 9 heteroatoms. The zero-order valence-corrected chi connectivity index (χ0v) is 14.4. The smallest absolute Gasteiger partial charge is 0.256 e. The van der Waals surface area contributed by atoms with Gasteiger partial charge in [-0.25, -0.2) is 4.98 Å². The Morgan fingerprint density at radius 2 is 2.08 bits per heavy atom. The lowest BCUT2D eigenvalue weighted by Gasteiger charge is -2.08. The van der Waals surface area contributed by atoms with Crippen molar-refractivity contribution in [3.8, 4) is 0 Å². The highest BCUT2D eigenvalue weighted by molar-refractivity contribution is 6.31. The molecule has 128 valence electrons. The fourth-order valence-corrected chi connectivity index (χ4v) is 2.62. The summed E-state index contributed by atoms with van der Waals surface area (Å²) >= 11 is 12.0. The molecule has 0 aliphatic heterocycles. The topological polar surface area (TPSA) is 109 Å². The Balaban J connectivity index is 1.82. The third kappa shape index (κ3) is 4.01. The van der Waals surface area contributed by atoms with Gasteiger partial charge in [0.05, 0.1) is 0 Å². The number of hydrogen-bond acceptors (Lipinski definition) is 5. The highest BCUT2D eigenvalue weighted by atomic mass is 35.5. The van der Waals surface area contributed by atoms with Crippen LogP contribution in [-0.4, -0.2) is 21.1 Å². The largest absolute Gasteiger partial charge is 0.365 e. The average Bonchev–Trinajstić information content (AvgIpc) is 2.97. The number of nitrogens with two attached hydrogens (primary N) is 1. The molecule has 0 aliphatic carbocycles. The highest BCUT2D eigenvalue weighted by Crippen LogP contribution is 2.26.